The maximum absolute atomic E-state index is 12.5. The van der Waals surface area contributed by atoms with E-state index in [1.165, 1.54) is 4.88 Å². The van der Waals surface area contributed by atoms with E-state index >= 15 is 0 Å². The summed E-state index contributed by atoms with van der Waals surface area (Å²) in [6, 6.07) is 10.8. The van der Waals surface area contributed by atoms with E-state index in [0.717, 1.165) is 32.5 Å². The van der Waals surface area contributed by atoms with E-state index in [-0.39, 0.29) is 4.90 Å². The number of ether oxygens (including phenoxy) is 1. The minimum absolute atomic E-state index is 0.288. The number of rotatable bonds is 8. The van der Waals surface area contributed by atoms with Gasteiger partial charge in [-0.2, -0.15) is 0 Å². The first-order chi connectivity index (χ1) is 12.6. The molecule has 7 heteroatoms. The molecular weight excluding hydrogens is 368 g/mol. The highest BCUT2D eigenvalue weighted by molar-refractivity contribution is 7.89. The summed E-state index contributed by atoms with van der Waals surface area (Å²) in [5.41, 5.74) is 0. The second-order valence-electron chi connectivity index (χ2n) is 6.56. The van der Waals surface area contributed by atoms with Crippen LogP contribution in [-0.2, 0) is 16.6 Å². The number of nitrogens with one attached hydrogen (secondary N) is 1. The number of sulfonamides is 1. The van der Waals surface area contributed by atoms with Crippen LogP contribution in [0.3, 0.4) is 0 Å². The van der Waals surface area contributed by atoms with Crippen LogP contribution in [0.15, 0.2) is 46.7 Å². The Labute approximate surface area is 160 Å². The normalized spacial score (nSPS) is 16.7. The van der Waals surface area contributed by atoms with Gasteiger partial charge in [0.05, 0.1) is 11.5 Å². The van der Waals surface area contributed by atoms with Crippen LogP contribution >= 0.6 is 11.3 Å². The van der Waals surface area contributed by atoms with E-state index in [9.17, 15) is 8.42 Å². The Morgan fingerprint density at radius 2 is 1.92 bits per heavy atom. The van der Waals surface area contributed by atoms with Gasteiger partial charge >= 0.3 is 0 Å². The van der Waals surface area contributed by atoms with Crippen molar-refractivity contribution in [3.8, 4) is 5.75 Å². The molecule has 1 aliphatic heterocycles. The van der Waals surface area contributed by atoms with Crippen LogP contribution in [0, 0.1) is 5.92 Å². The maximum Gasteiger partial charge on any atom is 0.240 e. The monoisotopic (exact) mass is 394 g/mol. The number of likely N-dealkylation sites (tertiary alicyclic amines) is 1. The molecule has 26 heavy (non-hydrogen) atoms. The summed E-state index contributed by atoms with van der Waals surface area (Å²) < 4.78 is 33.0. The molecule has 1 N–H and O–H groups in total. The molecule has 2 heterocycles. The van der Waals surface area contributed by atoms with Crippen molar-refractivity contribution in [1.82, 2.24) is 9.62 Å². The maximum atomic E-state index is 12.5. The zero-order valence-corrected chi connectivity index (χ0v) is 16.7. The van der Waals surface area contributed by atoms with E-state index in [1.807, 2.05) is 6.92 Å². The van der Waals surface area contributed by atoms with Crippen molar-refractivity contribution < 1.29 is 13.2 Å². The number of benzene rings is 1. The lowest BCUT2D eigenvalue weighted by Crippen LogP contribution is -2.38. The second-order valence-corrected chi connectivity index (χ2v) is 9.35. The predicted molar refractivity (Wildman–Crippen MR) is 105 cm³/mol. The highest BCUT2D eigenvalue weighted by Crippen LogP contribution is 2.21. The molecule has 0 unspecified atom stereocenters. The van der Waals surface area contributed by atoms with E-state index in [1.54, 1.807) is 35.6 Å². The highest BCUT2D eigenvalue weighted by Gasteiger charge is 2.22. The zero-order valence-electron chi connectivity index (χ0n) is 15.1. The van der Waals surface area contributed by atoms with Gasteiger partial charge < -0.3 is 4.74 Å². The van der Waals surface area contributed by atoms with E-state index in [2.05, 4.69) is 27.1 Å². The molecule has 142 valence electrons. The van der Waals surface area contributed by atoms with Crippen molar-refractivity contribution in [2.24, 2.45) is 5.92 Å². The van der Waals surface area contributed by atoms with Crippen LogP contribution in [0.5, 0.6) is 5.75 Å². The summed E-state index contributed by atoms with van der Waals surface area (Å²) in [6.07, 6.45) is 2.05. The summed E-state index contributed by atoms with van der Waals surface area (Å²) >= 11 is 1.79. The van der Waals surface area contributed by atoms with Crippen LogP contribution in [-0.4, -0.2) is 39.6 Å². The molecule has 0 aliphatic carbocycles. The van der Waals surface area contributed by atoms with Gasteiger partial charge in [0, 0.05) is 18.0 Å². The van der Waals surface area contributed by atoms with Crippen molar-refractivity contribution in [2.75, 3.05) is 26.2 Å². The summed E-state index contributed by atoms with van der Waals surface area (Å²) in [5, 5.41) is 2.11. The van der Waals surface area contributed by atoms with Crippen LogP contribution in [0.1, 0.15) is 24.6 Å². The fourth-order valence-corrected chi connectivity index (χ4v) is 5.03. The smallest absolute Gasteiger partial charge is 0.240 e. The Bertz CT molecular complexity index is 766. The molecule has 2 aromatic rings. The summed E-state index contributed by atoms with van der Waals surface area (Å²) in [5.74, 6) is 1.08. The number of piperidine rings is 1. The molecule has 1 aromatic heterocycles. The second kappa shape index (κ2) is 8.99. The topological polar surface area (TPSA) is 58.6 Å². The van der Waals surface area contributed by atoms with Crippen molar-refractivity contribution in [3.05, 3.63) is 46.7 Å². The Kier molecular flexibility index (Phi) is 6.69. The Morgan fingerprint density at radius 1 is 1.19 bits per heavy atom. The van der Waals surface area contributed by atoms with Gasteiger partial charge in [-0.05, 0) is 74.5 Å². The van der Waals surface area contributed by atoms with Gasteiger partial charge in [-0.1, -0.05) is 6.07 Å². The van der Waals surface area contributed by atoms with Gasteiger partial charge in [0.1, 0.15) is 5.75 Å². The van der Waals surface area contributed by atoms with Gasteiger partial charge in [0.25, 0.3) is 0 Å². The SMILES string of the molecule is CCOc1ccc(S(=O)(=O)NCC2CCN(Cc3cccs3)CC2)cc1. The van der Waals surface area contributed by atoms with E-state index in [0.29, 0.717) is 24.8 Å². The summed E-state index contributed by atoms with van der Waals surface area (Å²) in [4.78, 5) is 4.12. The van der Waals surface area contributed by atoms with Crippen molar-refractivity contribution in [1.29, 1.82) is 0 Å². The molecule has 1 aliphatic rings. The Morgan fingerprint density at radius 3 is 2.54 bits per heavy atom. The molecule has 3 rings (SSSR count). The first kappa shape index (κ1) is 19.4. The molecule has 1 aromatic carbocycles. The minimum atomic E-state index is -3.46. The molecule has 5 nitrogen and oxygen atoms in total. The minimum Gasteiger partial charge on any atom is -0.494 e. The van der Waals surface area contributed by atoms with Crippen molar-refractivity contribution >= 4 is 21.4 Å². The van der Waals surface area contributed by atoms with Gasteiger partial charge in [-0.25, -0.2) is 13.1 Å². The number of hydrogen-bond donors (Lipinski definition) is 1. The van der Waals surface area contributed by atoms with Crippen LogP contribution in [0.25, 0.3) is 0 Å². The average Bonchev–Trinajstić information content (AvgIpc) is 3.15. The highest BCUT2D eigenvalue weighted by atomic mass is 32.2. The quantitative estimate of drug-likeness (QED) is 0.746. The lowest BCUT2D eigenvalue weighted by atomic mass is 9.97. The predicted octanol–water partition coefficient (Wildman–Crippen LogP) is 3.34. The largest absolute Gasteiger partial charge is 0.494 e. The fourth-order valence-electron chi connectivity index (χ4n) is 3.16. The standard InChI is InChI=1S/C19H26N2O3S2/c1-2-24-17-5-7-19(8-6-17)26(22,23)20-14-16-9-11-21(12-10-16)15-18-4-3-13-25-18/h3-8,13,16,20H,2,9-12,14-15H2,1H3. The number of hydrogen-bond acceptors (Lipinski definition) is 5. The number of thiophene rings is 1. The molecule has 0 amide bonds. The lowest BCUT2D eigenvalue weighted by molar-refractivity contribution is 0.180. The first-order valence-corrected chi connectivity index (χ1v) is 11.4. The van der Waals surface area contributed by atoms with Gasteiger partial charge in [-0.3, -0.25) is 4.90 Å². The average molecular weight is 395 g/mol. The molecule has 0 saturated carbocycles. The third kappa shape index (κ3) is 5.30. The molecule has 0 radical (unpaired) electrons. The molecule has 0 spiro atoms. The third-order valence-corrected chi connectivity index (χ3v) is 6.97. The zero-order chi connectivity index (χ0) is 18.4. The summed E-state index contributed by atoms with van der Waals surface area (Å²) in [6.45, 7) is 6.01. The van der Waals surface area contributed by atoms with Crippen molar-refractivity contribution in [3.63, 3.8) is 0 Å². The van der Waals surface area contributed by atoms with Gasteiger partial charge in [-0.15, -0.1) is 11.3 Å². The molecule has 0 bridgehead atoms. The molecular formula is C19H26N2O3S2. The third-order valence-electron chi connectivity index (χ3n) is 4.67. The van der Waals surface area contributed by atoms with Crippen LogP contribution in [0.4, 0.5) is 0 Å². The molecule has 1 fully saturated rings. The van der Waals surface area contributed by atoms with Crippen LogP contribution < -0.4 is 9.46 Å². The Hall–Kier alpha value is -1.41. The van der Waals surface area contributed by atoms with Gasteiger partial charge in [0.2, 0.25) is 10.0 Å². The van der Waals surface area contributed by atoms with Gasteiger partial charge in [0.15, 0.2) is 0 Å². The first-order valence-electron chi connectivity index (χ1n) is 9.04. The molecule has 1 saturated heterocycles. The van der Waals surface area contributed by atoms with E-state index in [4.69, 9.17) is 4.74 Å². The van der Waals surface area contributed by atoms with E-state index < -0.39 is 10.0 Å². The van der Waals surface area contributed by atoms with Crippen molar-refractivity contribution in [2.45, 2.75) is 31.2 Å². The summed E-state index contributed by atoms with van der Waals surface area (Å²) in [7, 11) is -3.46. The molecule has 0 atom stereocenters. The Balaban J connectivity index is 1.46. The van der Waals surface area contributed by atoms with Crippen LogP contribution in [0.2, 0.25) is 0 Å². The fraction of sp³-hybridized carbons (Fsp3) is 0.474. The lowest BCUT2D eigenvalue weighted by Gasteiger charge is -2.31. The number of nitrogens with zero attached hydrogens (tertiary/aromatic N) is 1.